The van der Waals surface area contributed by atoms with Gasteiger partial charge in [0.05, 0.1) is 18.0 Å². The monoisotopic (exact) mass is 438 g/mol. The number of rotatable bonds is 9. The molecule has 0 saturated carbocycles. The van der Waals surface area contributed by atoms with Gasteiger partial charge in [-0.1, -0.05) is 60.7 Å². The lowest BCUT2D eigenvalue weighted by Gasteiger charge is -2.26. The van der Waals surface area contributed by atoms with Crippen molar-refractivity contribution < 1.29 is 17.9 Å². The van der Waals surface area contributed by atoms with Crippen molar-refractivity contribution in [2.24, 2.45) is 0 Å². The second kappa shape index (κ2) is 10.2. The Morgan fingerprint density at radius 3 is 1.81 bits per heavy atom. The maximum Gasteiger partial charge on any atom is 0.241 e. The molecule has 162 valence electrons. The van der Waals surface area contributed by atoms with Gasteiger partial charge < -0.3 is 9.64 Å². The van der Waals surface area contributed by atoms with Crippen molar-refractivity contribution in [2.45, 2.75) is 31.0 Å². The number of benzene rings is 3. The highest BCUT2D eigenvalue weighted by molar-refractivity contribution is 7.89. The van der Waals surface area contributed by atoms with Gasteiger partial charge in [0, 0.05) is 13.1 Å². The predicted octanol–water partition coefficient (Wildman–Crippen LogP) is 3.59. The topological polar surface area (TPSA) is 75.7 Å². The maximum absolute atomic E-state index is 13.2. The highest BCUT2D eigenvalue weighted by Gasteiger charge is 2.26. The minimum atomic E-state index is -3.86. The van der Waals surface area contributed by atoms with Crippen LogP contribution in [0.5, 0.6) is 5.75 Å². The summed E-state index contributed by atoms with van der Waals surface area (Å²) in [6.07, 6.45) is 0. The summed E-state index contributed by atoms with van der Waals surface area (Å²) in [4.78, 5) is 15.0. The third-order valence-corrected chi connectivity index (χ3v) is 6.37. The molecule has 0 unspecified atom stereocenters. The number of hydrogen-bond donors (Lipinski definition) is 1. The summed E-state index contributed by atoms with van der Waals surface area (Å²) in [6, 6.07) is 24.4. The van der Waals surface area contributed by atoms with E-state index >= 15 is 0 Å². The Bertz CT molecular complexity index is 1040. The molecule has 3 aromatic rings. The molecule has 6 nitrogen and oxygen atoms in total. The first-order chi connectivity index (χ1) is 14.9. The van der Waals surface area contributed by atoms with Crippen molar-refractivity contribution in [3.8, 4) is 5.75 Å². The molecule has 31 heavy (non-hydrogen) atoms. The first kappa shape index (κ1) is 22.5. The lowest BCUT2D eigenvalue weighted by molar-refractivity contribution is -0.133. The van der Waals surface area contributed by atoms with Gasteiger partial charge in [0.15, 0.2) is 0 Å². The molecule has 0 aromatic heterocycles. The fraction of sp³-hybridized carbons (Fsp3) is 0.208. The van der Waals surface area contributed by atoms with Crippen LogP contribution in [0.1, 0.15) is 18.1 Å². The van der Waals surface area contributed by atoms with Crippen LogP contribution in [0.25, 0.3) is 0 Å². The van der Waals surface area contributed by atoms with Crippen molar-refractivity contribution in [2.75, 3.05) is 7.11 Å². The van der Waals surface area contributed by atoms with Crippen LogP contribution in [0.3, 0.4) is 0 Å². The molecule has 7 heteroatoms. The summed E-state index contributed by atoms with van der Waals surface area (Å²) in [6.45, 7) is 2.32. The fourth-order valence-corrected chi connectivity index (χ4v) is 4.40. The zero-order valence-corrected chi connectivity index (χ0v) is 18.4. The number of carbonyl (C=O) groups is 1. The number of hydrogen-bond acceptors (Lipinski definition) is 4. The number of nitrogens with one attached hydrogen (secondary N) is 1. The van der Waals surface area contributed by atoms with Crippen molar-refractivity contribution in [1.82, 2.24) is 9.62 Å². The molecule has 3 aromatic carbocycles. The second-order valence-corrected chi connectivity index (χ2v) is 8.90. The van der Waals surface area contributed by atoms with Gasteiger partial charge in [-0.25, -0.2) is 8.42 Å². The van der Waals surface area contributed by atoms with Gasteiger partial charge >= 0.3 is 0 Å². The lowest BCUT2D eigenvalue weighted by atomic mass is 10.1. The molecule has 0 heterocycles. The van der Waals surface area contributed by atoms with Crippen LogP contribution in [0.15, 0.2) is 89.8 Å². The Morgan fingerprint density at radius 1 is 0.871 bits per heavy atom. The van der Waals surface area contributed by atoms with E-state index in [9.17, 15) is 13.2 Å². The van der Waals surface area contributed by atoms with Crippen LogP contribution in [0.4, 0.5) is 0 Å². The molecule has 1 atom stereocenters. The van der Waals surface area contributed by atoms with Crippen LogP contribution >= 0.6 is 0 Å². The standard InChI is InChI=1S/C24H26N2O4S/c1-19(25-31(28,29)23-15-13-22(30-2)14-16-23)24(27)26(17-20-9-5-3-6-10-20)18-21-11-7-4-8-12-21/h3-16,19,25H,17-18H2,1-2H3/t19-/m1/s1. The molecule has 0 radical (unpaired) electrons. The number of amides is 1. The number of methoxy groups -OCH3 is 1. The molecule has 0 spiro atoms. The Labute approximate surface area is 183 Å². The number of carbonyl (C=O) groups excluding carboxylic acids is 1. The Balaban J connectivity index is 1.78. The van der Waals surface area contributed by atoms with Gasteiger partial charge in [0.1, 0.15) is 5.75 Å². The van der Waals surface area contributed by atoms with Crippen molar-refractivity contribution in [3.05, 3.63) is 96.1 Å². The van der Waals surface area contributed by atoms with E-state index < -0.39 is 16.1 Å². The Hall–Kier alpha value is -3.16. The van der Waals surface area contributed by atoms with Gasteiger partial charge in [-0.05, 0) is 42.3 Å². The van der Waals surface area contributed by atoms with E-state index in [4.69, 9.17) is 4.74 Å². The van der Waals surface area contributed by atoms with E-state index in [2.05, 4.69) is 4.72 Å². The lowest BCUT2D eigenvalue weighted by Crippen LogP contribution is -2.46. The molecule has 0 aliphatic carbocycles. The van der Waals surface area contributed by atoms with Crippen molar-refractivity contribution in [1.29, 1.82) is 0 Å². The van der Waals surface area contributed by atoms with Crippen LogP contribution in [-0.2, 0) is 27.9 Å². The van der Waals surface area contributed by atoms with Gasteiger partial charge in [0.25, 0.3) is 0 Å². The van der Waals surface area contributed by atoms with E-state index in [1.54, 1.807) is 24.0 Å². The molecule has 0 aliphatic heterocycles. The minimum Gasteiger partial charge on any atom is -0.497 e. The van der Waals surface area contributed by atoms with Crippen LogP contribution in [-0.4, -0.2) is 32.4 Å². The molecule has 1 amide bonds. The van der Waals surface area contributed by atoms with Crippen LogP contribution in [0, 0.1) is 0 Å². The summed E-state index contributed by atoms with van der Waals surface area (Å²) in [5.74, 6) is 0.254. The molecule has 0 saturated heterocycles. The van der Waals surface area contributed by atoms with E-state index in [1.807, 2.05) is 60.7 Å². The Kier molecular flexibility index (Phi) is 7.44. The van der Waals surface area contributed by atoms with Crippen LogP contribution in [0.2, 0.25) is 0 Å². The van der Waals surface area contributed by atoms with E-state index in [0.717, 1.165) is 11.1 Å². The van der Waals surface area contributed by atoms with Gasteiger partial charge in [-0.3, -0.25) is 4.79 Å². The molecule has 0 aliphatic rings. The van der Waals surface area contributed by atoms with Gasteiger partial charge in [0.2, 0.25) is 15.9 Å². The first-order valence-corrected chi connectivity index (χ1v) is 11.4. The van der Waals surface area contributed by atoms with E-state index in [-0.39, 0.29) is 10.8 Å². The van der Waals surface area contributed by atoms with E-state index in [1.165, 1.54) is 19.2 Å². The summed E-state index contributed by atoms with van der Waals surface area (Å²) < 4.78 is 33.1. The summed E-state index contributed by atoms with van der Waals surface area (Å²) in [7, 11) is -2.35. The van der Waals surface area contributed by atoms with Gasteiger partial charge in [-0.2, -0.15) is 4.72 Å². The number of nitrogens with zero attached hydrogens (tertiary/aromatic N) is 1. The summed E-state index contributed by atoms with van der Waals surface area (Å²) in [5.41, 5.74) is 1.94. The molecule has 0 fully saturated rings. The SMILES string of the molecule is COc1ccc(S(=O)(=O)N[C@H](C)C(=O)N(Cc2ccccc2)Cc2ccccc2)cc1. The zero-order chi connectivity index (χ0) is 22.3. The summed E-state index contributed by atoms with van der Waals surface area (Å²) >= 11 is 0. The second-order valence-electron chi connectivity index (χ2n) is 7.18. The minimum absolute atomic E-state index is 0.0746. The average molecular weight is 439 g/mol. The third kappa shape index (κ3) is 6.16. The average Bonchev–Trinajstić information content (AvgIpc) is 2.79. The zero-order valence-electron chi connectivity index (χ0n) is 17.6. The maximum atomic E-state index is 13.2. The van der Waals surface area contributed by atoms with Crippen molar-refractivity contribution in [3.63, 3.8) is 0 Å². The Morgan fingerprint density at radius 2 is 1.35 bits per heavy atom. The highest BCUT2D eigenvalue weighted by atomic mass is 32.2. The molecule has 0 bridgehead atoms. The molecule has 3 rings (SSSR count). The normalized spacial score (nSPS) is 12.2. The third-order valence-electron chi connectivity index (χ3n) is 4.82. The molecular weight excluding hydrogens is 412 g/mol. The largest absolute Gasteiger partial charge is 0.497 e. The van der Waals surface area contributed by atoms with Crippen molar-refractivity contribution >= 4 is 15.9 Å². The predicted molar refractivity (Wildman–Crippen MR) is 120 cm³/mol. The first-order valence-electron chi connectivity index (χ1n) is 9.92. The molecule has 1 N–H and O–H groups in total. The quantitative estimate of drug-likeness (QED) is 0.554. The van der Waals surface area contributed by atoms with Crippen LogP contribution < -0.4 is 9.46 Å². The highest BCUT2D eigenvalue weighted by Crippen LogP contribution is 2.17. The number of ether oxygens (including phenoxy) is 1. The number of sulfonamides is 1. The fourth-order valence-electron chi connectivity index (χ4n) is 3.20. The summed E-state index contributed by atoms with van der Waals surface area (Å²) in [5, 5.41) is 0. The van der Waals surface area contributed by atoms with E-state index in [0.29, 0.717) is 18.8 Å². The van der Waals surface area contributed by atoms with Gasteiger partial charge in [-0.15, -0.1) is 0 Å². The molecular formula is C24H26N2O4S. The smallest absolute Gasteiger partial charge is 0.241 e.